The number of nitrogens with one attached hydrogen (secondary N) is 2. The topological polar surface area (TPSA) is 138 Å². The lowest BCUT2D eigenvalue weighted by Crippen LogP contribution is -2.49. The van der Waals surface area contributed by atoms with Crippen molar-refractivity contribution in [2.45, 2.75) is 18.6 Å². The van der Waals surface area contributed by atoms with Gasteiger partial charge in [-0.05, 0) is 48.9 Å². The Hall–Kier alpha value is -3.67. The largest absolute Gasteiger partial charge is 0.465 e. The van der Waals surface area contributed by atoms with Crippen LogP contribution in [0.15, 0.2) is 42.5 Å². The predicted molar refractivity (Wildman–Crippen MR) is 131 cm³/mol. The quantitative estimate of drug-likeness (QED) is 0.517. The molecule has 2 fully saturated rings. The molecule has 4 rings (SSSR count). The number of hydrogen-bond acceptors (Lipinski definition) is 7. The van der Waals surface area contributed by atoms with Crippen LogP contribution in [-0.4, -0.2) is 79.4 Å². The first kappa shape index (κ1) is 25.4. The van der Waals surface area contributed by atoms with Gasteiger partial charge in [-0.3, -0.25) is 9.59 Å². The number of aliphatic hydroxyl groups excluding tert-OH is 1. The summed E-state index contributed by atoms with van der Waals surface area (Å²) in [6, 6.07) is 9.21. The number of rotatable bonds is 5. The lowest BCUT2D eigenvalue weighted by molar-refractivity contribution is -0.125. The molecule has 11 nitrogen and oxygen atoms in total. The molecule has 3 N–H and O–H groups in total. The Balaban J connectivity index is 1.54. The molecule has 12 heteroatoms. The van der Waals surface area contributed by atoms with Gasteiger partial charge in [0.2, 0.25) is 5.91 Å². The summed E-state index contributed by atoms with van der Waals surface area (Å²) in [5.41, 5.74) is 1.07. The van der Waals surface area contributed by atoms with E-state index in [4.69, 9.17) is 21.1 Å². The Morgan fingerprint density at radius 2 is 1.86 bits per heavy atom. The van der Waals surface area contributed by atoms with Crippen LogP contribution in [0.2, 0.25) is 5.02 Å². The van der Waals surface area contributed by atoms with Gasteiger partial charge < -0.3 is 35.0 Å². The molecule has 2 saturated heterocycles. The van der Waals surface area contributed by atoms with Crippen molar-refractivity contribution in [2.75, 3.05) is 48.9 Å². The van der Waals surface area contributed by atoms with Gasteiger partial charge in [0, 0.05) is 29.5 Å². The van der Waals surface area contributed by atoms with E-state index >= 15 is 0 Å². The number of likely N-dealkylation sites (tertiary alicyclic amines) is 1. The second kappa shape index (κ2) is 10.9. The zero-order valence-electron chi connectivity index (χ0n) is 19.4. The van der Waals surface area contributed by atoms with Gasteiger partial charge >= 0.3 is 12.0 Å². The van der Waals surface area contributed by atoms with Gasteiger partial charge in [0.05, 0.1) is 31.1 Å². The summed E-state index contributed by atoms with van der Waals surface area (Å²) in [7, 11) is 1.20. The zero-order valence-corrected chi connectivity index (χ0v) is 20.2. The first-order chi connectivity index (χ1) is 17.3. The number of anilines is 3. The van der Waals surface area contributed by atoms with Gasteiger partial charge in [-0.2, -0.15) is 0 Å². The fourth-order valence-corrected chi connectivity index (χ4v) is 4.26. The highest BCUT2D eigenvalue weighted by atomic mass is 35.5. The monoisotopic (exact) mass is 516 g/mol. The maximum atomic E-state index is 13.2. The third kappa shape index (κ3) is 5.43. The summed E-state index contributed by atoms with van der Waals surface area (Å²) in [5, 5.41) is 16.3. The molecule has 0 aliphatic carbocycles. The van der Waals surface area contributed by atoms with E-state index in [1.54, 1.807) is 30.3 Å². The first-order valence-electron chi connectivity index (χ1n) is 11.2. The standard InChI is InChI=1S/C24H25ClN4O7/c1-35-23(33)17-12-16(28-10-11-36-13-20(28)31)6-7-18(17)27-22(32)21-19(30)8-9-29(21)24(34)26-15-4-2-14(25)3-5-15/h2-7,12,19,21,30H,8-11,13H2,1H3,(H,26,34)(H,27,32)/t19?,21-/m1/s1. The number of methoxy groups -OCH3 is 1. The summed E-state index contributed by atoms with van der Waals surface area (Å²) < 4.78 is 10.00. The molecule has 0 saturated carbocycles. The lowest BCUT2D eigenvalue weighted by atomic mass is 10.1. The van der Waals surface area contributed by atoms with Crippen molar-refractivity contribution >= 4 is 52.5 Å². The Bertz CT molecular complexity index is 1170. The molecule has 4 amide bonds. The SMILES string of the molecule is COC(=O)c1cc(N2CCOCC2=O)ccc1NC(=O)[C@H]1C(O)CCN1C(=O)Nc1ccc(Cl)cc1. The highest BCUT2D eigenvalue weighted by Gasteiger charge is 2.41. The second-order valence-corrected chi connectivity index (χ2v) is 8.68. The molecule has 2 aliphatic heterocycles. The Morgan fingerprint density at radius 1 is 1.11 bits per heavy atom. The highest BCUT2D eigenvalue weighted by Crippen LogP contribution is 2.27. The first-order valence-corrected chi connectivity index (χ1v) is 11.6. The predicted octanol–water partition coefficient (Wildman–Crippen LogP) is 2.10. The molecule has 2 atom stereocenters. The fraction of sp³-hybridized carbons (Fsp3) is 0.333. The van der Waals surface area contributed by atoms with Gasteiger partial charge in [0.25, 0.3) is 5.91 Å². The fourth-order valence-electron chi connectivity index (χ4n) is 4.13. The van der Waals surface area contributed by atoms with Crippen LogP contribution >= 0.6 is 11.6 Å². The molecule has 2 heterocycles. The summed E-state index contributed by atoms with van der Waals surface area (Å²) in [4.78, 5) is 53.4. The third-order valence-electron chi connectivity index (χ3n) is 5.95. The molecule has 190 valence electrons. The van der Waals surface area contributed by atoms with Crippen LogP contribution in [0.25, 0.3) is 0 Å². The van der Waals surface area contributed by atoms with Crippen LogP contribution in [0.5, 0.6) is 0 Å². The van der Waals surface area contributed by atoms with Gasteiger partial charge in [0.1, 0.15) is 12.6 Å². The van der Waals surface area contributed by atoms with Crippen molar-refractivity contribution in [1.82, 2.24) is 4.90 Å². The van der Waals surface area contributed by atoms with Gasteiger partial charge in [-0.1, -0.05) is 11.6 Å². The highest BCUT2D eigenvalue weighted by molar-refractivity contribution is 6.30. The minimum atomic E-state index is -1.19. The van der Waals surface area contributed by atoms with Gasteiger partial charge in [-0.15, -0.1) is 0 Å². The number of aliphatic hydroxyl groups is 1. The molecule has 1 unspecified atom stereocenters. The summed E-state index contributed by atoms with van der Waals surface area (Å²) in [5.74, 6) is -1.66. The Kier molecular flexibility index (Phi) is 7.73. The van der Waals surface area contributed by atoms with Crippen LogP contribution in [-0.2, 0) is 19.1 Å². The van der Waals surface area contributed by atoms with Crippen molar-refractivity contribution in [3.8, 4) is 0 Å². The minimum absolute atomic E-state index is 0.0206. The molecule has 2 aromatic rings. The average molecular weight is 517 g/mol. The number of morpholine rings is 1. The Labute approximate surface area is 211 Å². The number of esters is 1. The van der Waals surface area contributed by atoms with Crippen molar-refractivity contribution in [3.05, 3.63) is 53.1 Å². The molecule has 0 bridgehead atoms. The van der Waals surface area contributed by atoms with E-state index in [1.165, 1.54) is 29.0 Å². The second-order valence-electron chi connectivity index (χ2n) is 8.24. The van der Waals surface area contributed by atoms with E-state index in [1.807, 2.05) is 0 Å². The van der Waals surface area contributed by atoms with Crippen LogP contribution < -0.4 is 15.5 Å². The molecule has 0 radical (unpaired) electrons. The van der Waals surface area contributed by atoms with E-state index < -0.39 is 30.1 Å². The number of halogens is 1. The number of urea groups is 1. The molecule has 36 heavy (non-hydrogen) atoms. The van der Waals surface area contributed by atoms with Crippen molar-refractivity contribution in [1.29, 1.82) is 0 Å². The lowest BCUT2D eigenvalue weighted by Gasteiger charge is -2.28. The van der Waals surface area contributed by atoms with E-state index in [2.05, 4.69) is 10.6 Å². The number of amides is 4. The van der Waals surface area contributed by atoms with E-state index in [0.29, 0.717) is 29.5 Å². The smallest absolute Gasteiger partial charge is 0.340 e. The van der Waals surface area contributed by atoms with Crippen LogP contribution in [0, 0.1) is 0 Å². The molecule has 0 aromatic heterocycles. The number of nitrogens with zero attached hydrogens (tertiary/aromatic N) is 2. The van der Waals surface area contributed by atoms with Crippen molar-refractivity contribution < 1.29 is 33.8 Å². The van der Waals surface area contributed by atoms with Crippen LogP contribution in [0.3, 0.4) is 0 Å². The zero-order chi connectivity index (χ0) is 25.8. The van der Waals surface area contributed by atoms with Crippen molar-refractivity contribution in [3.63, 3.8) is 0 Å². The number of ether oxygens (including phenoxy) is 2. The molecule has 2 aliphatic rings. The number of carbonyl (C=O) groups excluding carboxylic acids is 4. The Morgan fingerprint density at radius 3 is 2.56 bits per heavy atom. The van der Waals surface area contributed by atoms with E-state index in [-0.39, 0.29) is 36.7 Å². The molecule has 2 aromatic carbocycles. The third-order valence-corrected chi connectivity index (χ3v) is 6.21. The minimum Gasteiger partial charge on any atom is -0.465 e. The molecular weight excluding hydrogens is 492 g/mol. The average Bonchev–Trinajstić information content (AvgIpc) is 3.27. The van der Waals surface area contributed by atoms with E-state index in [0.717, 1.165) is 0 Å². The maximum absolute atomic E-state index is 13.2. The van der Waals surface area contributed by atoms with E-state index in [9.17, 15) is 24.3 Å². The number of benzene rings is 2. The number of hydrogen-bond donors (Lipinski definition) is 3. The van der Waals surface area contributed by atoms with Crippen LogP contribution in [0.4, 0.5) is 21.9 Å². The normalized spacial score (nSPS) is 19.7. The van der Waals surface area contributed by atoms with Crippen LogP contribution in [0.1, 0.15) is 16.8 Å². The summed E-state index contributed by atoms with van der Waals surface area (Å²) >= 11 is 5.88. The van der Waals surface area contributed by atoms with Gasteiger partial charge in [-0.25, -0.2) is 9.59 Å². The molecular formula is C24H25ClN4O7. The van der Waals surface area contributed by atoms with Crippen molar-refractivity contribution in [2.24, 2.45) is 0 Å². The molecule has 0 spiro atoms. The summed E-state index contributed by atoms with van der Waals surface area (Å²) in [6.07, 6.45) is -0.901. The number of carbonyl (C=O) groups is 4. The van der Waals surface area contributed by atoms with Gasteiger partial charge in [0.15, 0.2) is 0 Å². The summed E-state index contributed by atoms with van der Waals surface area (Å²) in [6.45, 7) is 0.753. The maximum Gasteiger partial charge on any atom is 0.340 e.